The zero-order valence-corrected chi connectivity index (χ0v) is 14.2. The fraction of sp³-hybridized carbons (Fsp3) is 0.0952. The van der Waals surface area contributed by atoms with Crippen molar-refractivity contribution in [1.82, 2.24) is 0 Å². The Bertz CT molecular complexity index is 917. The van der Waals surface area contributed by atoms with Crippen molar-refractivity contribution in [1.29, 1.82) is 0 Å². The number of aryl methyl sites for hydroxylation is 2. The molecular formula is C21H19N3O. The number of azo groups is 1. The number of anilines is 1. The number of nitrogens with zero attached hydrogens (tertiary/aromatic N) is 2. The van der Waals surface area contributed by atoms with Gasteiger partial charge in [0.2, 0.25) is 0 Å². The molecule has 1 amide bonds. The molecule has 3 aromatic rings. The van der Waals surface area contributed by atoms with Crippen LogP contribution >= 0.6 is 0 Å². The lowest BCUT2D eigenvalue weighted by Crippen LogP contribution is -2.12. The van der Waals surface area contributed by atoms with E-state index in [2.05, 4.69) is 15.5 Å². The topological polar surface area (TPSA) is 53.8 Å². The zero-order valence-electron chi connectivity index (χ0n) is 14.2. The average Bonchev–Trinajstić information content (AvgIpc) is 2.64. The van der Waals surface area contributed by atoms with Crippen LogP contribution in [0.25, 0.3) is 0 Å². The molecule has 124 valence electrons. The molecule has 3 aromatic carbocycles. The molecule has 0 heterocycles. The molecule has 0 aliphatic heterocycles. The summed E-state index contributed by atoms with van der Waals surface area (Å²) in [5, 5.41) is 11.5. The summed E-state index contributed by atoms with van der Waals surface area (Å²) in [6.45, 7) is 3.94. The molecular weight excluding hydrogens is 310 g/mol. The van der Waals surface area contributed by atoms with E-state index < -0.39 is 0 Å². The number of carbonyl (C=O) groups excluding carboxylic acids is 1. The molecule has 0 aliphatic carbocycles. The summed E-state index contributed by atoms with van der Waals surface area (Å²) >= 11 is 0. The molecule has 1 N–H and O–H groups in total. The van der Waals surface area contributed by atoms with E-state index >= 15 is 0 Å². The van der Waals surface area contributed by atoms with Gasteiger partial charge in [-0.25, -0.2) is 0 Å². The minimum absolute atomic E-state index is 0.127. The van der Waals surface area contributed by atoms with Gasteiger partial charge in [0.15, 0.2) is 0 Å². The Labute approximate surface area is 147 Å². The predicted molar refractivity (Wildman–Crippen MR) is 101 cm³/mol. The summed E-state index contributed by atoms with van der Waals surface area (Å²) in [6.07, 6.45) is 0. The van der Waals surface area contributed by atoms with Gasteiger partial charge in [-0.3, -0.25) is 4.79 Å². The highest BCUT2D eigenvalue weighted by molar-refractivity contribution is 6.04. The number of nitrogens with one attached hydrogen (secondary N) is 1. The molecule has 0 bridgehead atoms. The average molecular weight is 329 g/mol. The van der Waals surface area contributed by atoms with Crippen molar-refractivity contribution < 1.29 is 4.79 Å². The van der Waals surface area contributed by atoms with Crippen LogP contribution in [0, 0.1) is 13.8 Å². The number of carbonyl (C=O) groups is 1. The van der Waals surface area contributed by atoms with E-state index in [-0.39, 0.29) is 5.91 Å². The third-order valence-corrected chi connectivity index (χ3v) is 3.88. The molecule has 0 spiro atoms. The summed E-state index contributed by atoms with van der Waals surface area (Å²) in [5.41, 5.74) is 5.01. The quantitative estimate of drug-likeness (QED) is 0.589. The lowest BCUT2D eigenvalue weighted by atomic mass is 10.1. The van der Waals surface area contributed by atoms with Gasteiger partial charge in [0, 0.05) is 11.3 Å². The maximum absolute atomic E-state index is 12.2. The minimum Gasteiger partial charge on any atom is -0.322 e. The van der Waals surface area contributed by atoms with Crippen molar-refractivity contribution in [2.75, 3.05) is 5.32 Å². The first-order chi connectivity index (χ1) is 12.1. The highest BCUT2D eigenvalue weighted by Gasteiger charge is 2.07. The smallest absolute Gasteiger partial charge is 0.255 e. The molecule has 25 heavy (non-hydrogen) atoms. The van der Waals surface area contributed by atoms with Crippen LogP contribution in [-0.4, -0.2) is 5.91 Å². The molecule has 0 atom stereocenters. The Morgan fingerprint density at radius 3 is 2.24 bits per heavy atom. The second-order valence-corrected chi connectivity index (χ2v) is 5.81. The van der Waals surface area contributed by atoms with Gasteiger partial charge in [-0.1, -0.05) is 36.4 Å². The van der Waals surface area contributed by atoms with Gasteiger partial charge in [0.1, 0.15) is 0 Å². The molecule has 0 radical (unpaired) electrons. The Kier molecular flexibility index (Phi) is 5.00. The third kappa shape index (κ3) is 4.18. The maximum Gasteiger partial charge on any atom is 0.255 e. The van der Waals surface area contributed by atoms with Gasteiger partial charge in [-0.2, -0.15) is 10.2 Å². The largest absolute Gasteiger partial charge is 0.322 e. The van der Waals surface area contributed by atoms with Gasteiger partial charge in [-0.05, 0) is 61.4 Å². The van der Waals surface area contributed by atoms with Crippen LogP contribution in [0.15, 0.2) is 83.0 Å². The maximum atomic E-state index is 12.2. The van der Waals surface area contributed by atoms with E-state index in [1.54, 1.807) is 12.1 Å². The van der Waals surface area contributed by atoms with Crippen LogP contribution in [0.4, 0.5) is 17.1 Å². The molecule has 3 rings (SSSR count). The van der Waals surface area contributed by atoms with E-state index in [0.29, 0.717) is 5.56 Å². The molecule has 4 heteroatoms. The van der Waals surface area contributed by atoms with Gasteiger partial charge < -0.3 is 5.32 Å². The normalized spacial score (nSPS) is 10.8. The minimum atomic E-state index is -0.127. The summed E-state index contributed by atoms with van der Waals surface area (Å²) in [5.74, 6) is -0.127. The van der Waals surface area contributed by atoms with Gasteiger partial charge in [-0.15, -0.1) is 0 Å². The molecule has 0 saturated heterocycles. The Morgan fingerprint density at radius 1 is 0.800 bits per heavy atom. The lowest BCUT2D eigenvalue weighted by Gasteiger charge is -2.09. The van der Waals surface area contributed by atoms with E-state index in [9.17, 15) is 4.79 Å². The van der Waals surface area contributed by atoms with Crippen LogP contribution in [0.2, 0.25) is 0 Å². The molecule has 0 aromatic heterocycles. The lowest BCUT2D eigenvalue weighted by molar-refractivity contribution is 0.102. The molecule has 0 aliphatic rings. The fourth-order valence-electron chi connectivity index (χ4n) is 2.42. The summed E-state index contributed by atoms with van der Waals surface area (Å²) in [4.78, 5) is 12.2. The molecule has 0 unspecified atom stereocenters. The van der Waals surface area contributed by atoms with Gasteiger partial charge >= 0.3 is 0 Å². The number of hydrogen-bond donors (Lipinski definition) is 1. The third-order valence-electron chi connectivity index (χ3n) is 3.88. The van der Waals surface area contributed by atoms with Crippen molar-refractivity contribution >= 4 is 23.0 Å². The molecule has 4 nitrogen and oxygen atoms in total. The van der Waals surface area contributed by atoms with Crippen molar-refractivity contribution in [3.05, 3.63) is 89.5 Å². The van der Waals surface area contributed by atoms with Crippen molar-refractivity contribution in [3.8, 4) is 0 Å². The van der Waals surface area contributed by atoms with Crippen molar-refractivity contribution in [2.45, 2.75) is 13.8 Å². The van der Waals surface area contributed by atoms with Crippen molar-refractivity contribution in [2.24, 2.45) is 10.2 Å². The number of amides is 1. The Balaban J connectivity index is 1.75. The van der Waals surface area contributed by atoms with Crippen LogP contribution in [-0.2, 0) is 0 Å². The predicted octanol–water partition coefficient (Wildman–Crippen LogP) is 5.97. The highest BCUT2D eigenvalue weighted by Crippen LogP contribution is 2.25. The van der Waals surface area contributed by atoms with Crippen LogP contribution in [0.1, 0.15) is 21.5 Å². The van der Waals surface area contributed by atoms with E-state index in [4.69, 9.17) is 0 Å². The van der Waals surface area contributed by atoms with Crippen LogP contribution in [0.3, 0.4) is 0 Å². The number of hydrogen-bond acceptors (Lipinski definition) is 3. The van der Waals surface area contributed by atoms with Crippen LogP contribution in [0.5, 0.6) is 0 Å². The van der Waals surface area contributed by atoms with Crippen molar-refractivity contribution in [3.63, 3.8) is 0 Å². The monoisotopic (exact) mass is 329 g/mol. The second-order valence-electron chi connectivity index (χ2n) is 5.81. The van der Waals surface area contributed by atoms with Crippen LogP contribution < -0.4 is 5.32 Å². The highest BCUT2D eigenvalue weighted by atomic mass is 16.1. The second kappa shape index (κ2) is 7.53. The fourth-order valence-corrected chi connectivity index (χ4v) is 2.42. The first-order valence-corrected chi connectivity index (χ1v) is 8.08. The Hall–Kier alpha value is -3.27. The first kappa shape index (κ1) is 16.6. The Morgan fingerprint density at radius 2 is 1.52 bits per heavy atom. The van der Waals surface area contributed by atoms with Gasteiger partial charge in [0.25, 0.3) is 5.91 Å². The number of benzene rings is 3. The van der Waals surface area contributed by atoms with E-state index in [1.807, 2.05) is 74.5 Å². The summed E-state index contributed by atoms with van der Waals surface area (Å²) in [7, 11) is 0. The number of rotatable bonds is 4. The molecule has 0 fully saturated rings. The van der Waals surface area contributed by atoms with E-state index in [1.165, 1.54) is 0 Å². The first-order valence-electron chi connectivity index (χ1n) is 8.08. The van der Waals surface area contributed by atoms with Gasteiger partial charge in [0.05, 0.1) is 11.4 Å². The van der Waals surface area contributed by atoms with E-state index in [0.717, 1.165) is 28.2 Å². The molecule has 0 saturated carbocycles. The summed E-state index contributed by atoms with van der Waals surface area (Å²) < 4.78 is 0. The summed E-state index contributed by atoms with van der Waals surface area (Å²) in [6, 6.07) is 22.6. The SMILES string of the molecule is Cc1ccccc1N=Nc1ccc(NC(=O)c2ccccc2)c(C)c1. The zero-order chi connectivity index (χ0) is 17.6. The standard InChI is InChI=1S/C21H19N3O/c1-15-8-6-7-11-20(15)24-23-18-12-13-19(16(2)14-18)22-21(25)17-9-4-3-5-10-17/h3-14H,1-2H3,(H,22,25).